The summed E-state index contributed by atoms with van der Waals surface area (Å²) in [6.45, 7) is 1.51. The number of nitrogens with one attached hydrogen (secondary N) is 1. The zero-order valence-corrected chi connectivity index (χ0v) is 34.2. The fourth-order valence-corrected chi connectivity index (χ4v) is 7.80. The largest absolute Gasteiger partial charge is 0.489 e. The molecule has 0 spiro atoms. The van der Waals surface area contributed by atoms with Crippen LogP contribution in [-0.2, 0) is 46.9 Å². The van der Waals surface area contributed by atoms with Gasteiger partial charge in [-0.2, -0.15) is 5.26 Å². The van der Waals surface area contributed by atoms with Crippen LogP contribution in [0.2, 0.25) is 10.0 Å². The fourth-order valence-electron chi connectivity index (χ4n) is 7.48. The van der Waals surface area contributed by atoms with Crippen LogP contribution in [-0.4, -0.2) is 47.6 Å². The lowest BCUT2D eigenvalue weighted by Crippen LogP contribution is -2.54. The van der Waals surface area contributed by atoms with Gasteiger partial charge in [0.25, 0.3) is 0 Å². The molecule has 12 heteroatoms. The summed E-state index contributed by atoms with van der Waals surface area (Å²) in [4.78, 5) is 34.0. The van der Waals surface area contributed by atoms with E-state index >= 15 is 0 Å². The topological polar surface area (TPSA) is 123 Å². The van der Waals surface area contributed by atoms with Gasteiger partial charge in [0.15, 0.2) is 17.6 Å². The van der Waals surface area contributed by atoms with Gasteiger partial charge in [0.1, 0.15) is 25.0 Å². The van der Waals surface area contributed by atoms with Crippen LogP contribution in [0.25, 0.3) is 11.1 Å². The summed E-state index contributed by atoms with van der Waals surface area (Å²) in [5.74, 6) is 1.12. The molecule has 0 radical (unpaired) electrons. The molecule has 60 heavy (non-hydrogen) atoms. The van der Waals surface area contributed by atoms with E-state index < -0.39 is 18.1 Å². The summed E-state index contributed by atoms with van der Waals surface area (Å²) in [6.07, 6.45) is 2.02. The Hall–Kier alpha value is -6.38. The molecule has 0 aliphatic carbocycles. The third-order valence-corrected chi connectivity index (χ3v) is 11.5. The minimum atomic E-state index is -0.915. The van der Waals surface area contributed by atoms with E-state index in [2.05, 4.69) is 21.3 Å². The highest BCUT2D eigenvalue weighted by Crippen LogP contribution is 2.41. The van der Waals surface area contributed by atoms with Crippen LogP contribution >= 0.6 is 23.2 Å². The number of halogens is 2. The number of rotatable bonds is 12. The number of nitrogens with zero attached hydrogens (tertiary/aromatic N) is 3. The molecule has 2 aliphatic heterocycles. The van der Waals surface area contributed by atoms with Crippen LogP contribution in [0, 0.1) is 11.3 Å². The molecule has 1 unspecified atom stereocenters. The molecule has 6 aromatic rings. The van der Waals surface area contributed by atoms with E-state index in [1.807, 2.05) is 97.1 Å². The Morgan fingerprint density at radius 3 is 2.32 bits per heavy atom. The van der Waals surface area contributed by atoms with Gasteiger partial charge in [-0.1, -0.05) is 83.9 Å². The van der Waals surface area contributed by atoms with E-state index in [9.17, 15) is 9.59 Å². The average molecular weight is 840 g/mol. The van der Waals surface area contributed by atoms with Crippen molar-refractivity contribution in [1.82, 2.24) is 15.2 Å². The lowest BCUT2D eigenvalue weighted by Gasteiger charge is -2.37. The van der Waals surface area contributed by atoms with Crippen molar-refractivity contribution in [3.63, 3.8) is 0 Å². The van der Waals surface area contributed by atoms with Crippen molar-refractivity contribution in [2.45, 2.75) is 50.7 Å². The molecule has 5 aromatic carbocycles. The zero-order valence-electron chi connectivity index (χ0n) is 32.6. The quantitative estimate of drug-likeness (QED) is 0.121. The van der Waals surface area contributed by atoms with Crippen molar-refractivity contribution in [3.05, 3.63) is 177 Å². The molecule has 3 atom stereocenters. The predicted octanol–water partition coefficient (Wildman–Crippen LogP) is 8.85. The minimum absolute atomic E-state index is 0.240. The van der Waals surface area contributed by atoms with Crippen LogP contribution in [0.4, 0.5) is 0 Å². The first-order valence-corrected chi connectivity index (χ1v) is 20.2. The van der Waals surface area contributed by atoms with Gasteiger partial charge in [0, 0.05) is 25.7 Å². The number of pyridine rings is 1. The number of aromatic nitrogens is 1. The summed E-state index contributed by atoms with van der Waals surface area (Å²) >= 11 is 12.2. The molecule has 0 fully saturated rings. The highest BCUT2D eigenvalue weighted by atomic mass is 35.5. The average Bonchev–Trinajstić information content (AvgIpc) is 3.28. The van der Waals surface area contributed by atoms with Crippen LogP contribution in [0.3, 0.4) is 0 Å². The van der Waals surface area contributed by atoms with Crippen molar-refractivity contribution in [2.75, 3.05) is 13.7 Å². The van der Waals surface area contributed by atoms with Crippen molar-refractivity contribution in [3.8, 4) is 34.4 Å². The van der Waals surface area contributed by atoms with Gasteiger partial charge >= 0.3 is 5.97 Å². The second-order valence-corrected chi connectivity index (χ2v) is 15.5. The molecule has 0 saturated carbocycles. The second kappa shape index (κ2) is 18.3. The predicted molar refractivity (Wildman–Crippen MR) is 228 cm³/mol. The van der Waals surface area contributed by atoms with Crippen LogP contribution < -0.4 is 19.5 Å². The molecule has 0 saturated heterocycles. The van der Waals surface area contributed by atoms with E-state index in [0.717, 1.165) is 44.6 Å². The number of benzene rings is 5. The summed E-state index contributed by atoms with van der Waals surface area (Å²) in [5, 5.41) is 13.1. The molecule has 1 amide bonds. The minimum Gasteiger partial charge on any atom is -0.489 e. The van der Waals surface area contributed by atoms with E-state index in [4.69, 9.17) is 47.4 Å². The van der Waals surface area contributed by atoms with Gasteiger partial charge in [0.05, 0.1) is 40.5 Å². The maximum atomic E-state index is 14.3. The Bertz CT molecular complexity index is 2530. The maximum absolute atomic E-state index is 14.3. The first-order chi connectivity index (χ1) is 29.2. The maximum Gasteiger partial charge on any atom is 0.328 e. The van der Waals surface area contributed by atoms with Gasteiger partial charge in [0.2, 0.25) is 5.91 Å². The van der Waals surface area contributed by atoms with E-state index in [1.54, 1.807) is 30.5 Å². The van der Waals surface area contributed by atoms with Gasteiger partial charge < -0.3 is 24.3 Å². The van der Waals surface area contributed by atoms with Crippen LogP contribution in [0.1, 0.15) is 45.2 Å². The van der Waals surface area contributed by atoms with Crippen molar-refractivity contribution in [1.29, 1.82) is 5.26 Å². The van der Waals surface area contributed by atoms with Crippen molar-refractivity contribution < 1.29 is 28.5 Å². The van der Waals surface area contributed by atoms with Crippen LogP contribution in [0.15, 0.2) is 128 Å². The first-order valence-electron chi connectivity index (χ1n) is 19.5. The van der Waals surface area contributed by atoms with Crippen molar-refractivity contribution >= 4 is 35.1 Å². The summed E-state index contributed by atoms with van der Waals surface area (Å²) in [5.41, 5.74) is 8.02. The number of carbonyl (C=O) groups excluding carboxylic acids is 2. The smallest absolute Gasteiger partial charge is 0.328 e. The molecule has 10 nitrogen and oxygen atoms in total. The highest BCUT2D eigenvalue weighted by Gasteiger charge is 2.36. The van der Waals surface area contributed by atoms with E-state index in [0.29, 0.717) is 65.6 Å². The Morgan fingerprint density at radius 2 is 1.62 bits per heavy atom. The van der Waals surface area contributed by atoms with Crippen molar-refractivity contribution in [2.24, 2.45) is 0 Å². The summed E-state index contributed by atoms with van der Waals surface area (Å²) in [6, 6.07) is 38.6. The normalized spacial score (nSPS) is 16.2. The Morgan fingerprint density at radius 1 is 0.883 bits per heavy atom. The molecule has 3 heterocycles. The monoisotopic (exact) mass is 838 g/mol. The molecule has 0 bridgehead atoms. The lowest BCUT2D eigenvalue weighted by atomic mass is 9.92. The molecule has 302 valence electrons. The molecule has 1 N–H and O–H groups in total. The molecule has 8 rings (SSSR count). The van der Waals surface area contributed by atoms with Crippen LogP contribution in [0.5, 0.6) is 17.2 Å². The second-order valence-electron chi connectivity index (χ2n) is 14.7. The van der Waals surface area contributed by atoms with Gasteiger partial charge in [-0.05, 0) is 106 Å². The van der Waals surface area contributed by atoms with Gasteiger partial charge in [-0.15, -0.1) is 0 Å². The lowest BCUT2D eigenvalue weighted by molar-refractivity contribution is -0.146. The SMILES string of the molecule is COC(=O)[C@H](Cc1ccc(-c2ccc(C#N)cc2)cc1)NC(=O)C1Cc2cc3c(cc2CN1Cc1ccccn1)O[C@@H](c1ccc(OCc2ccc(Cl)c(Cl)c2)cc1)CO3. The number of nitriles is 1. The third-order valence-electron chi connectivity index (χ3n) is 10.7. The number of hydrogen-bond donors (Lipinski definition) is 1. The molecular weight excluding hydrogens is 799 g/mol. The summed E-state index contributed by atoms with van der Waals surface area (Å²) in [7, 11) is 1.32. The standard InChI is InChI=1S/C48H40Cl2N4O6/c1-57-48(56)42(21-30-5-10-33(11-6-30)34-12-7-31(25-51)8-13-34)53-47(55)43-22-36-23-44-45(24-37(36)26-54(43)27-38-4-2-3-19-52-38)60-46(29-59-44)35-14-16-39(17-15-35)58-28-32-9-18-40(49)41(50)20-32/h2-20,23-24,42-43,46H,21-22,26-29H2,1H3,(H,53,55)/t42-,43?,46+/m0/s1. The number of fused-ring (bicyclic) bond motifs is 2. The molecular formula is C48H40Cl2N4O6. The number of methoxy groups -OCH3 is 1. The fraction of sp³-hybridized carbons (Fsp3) is 0.208. The Kier molecular flexibility index (Phi) is 12.3. The van der Waals surface area contributed by atoms with E-state index in [-0.39, 0.29) is 18.4 Å². The molecule has 1 aromatic heterocycles. The summed E-state index contributed by atoms with van der Waals surface area (Å²) < 4.78 is 23.9. The van der Waals surface area contributed by atoms with E-state index in [1.165, 1.54) is 7.11 Å². The van der Waals surface area contributed by atoms with Gasteiger partial charge in [-0.3, -0.25) is 14.7 Å². The number of ether oxygens (including phenoxy) is 4. The third kappa shape index (κ3) is 9.40. The first kappa shape index (κ1) is 40.4. The zero-order chi connectivity index (χ0) is 41.6. The number of carbonyl (C=O) groups is 2. The number of esters is 1. The van der Waals surface area contributed by atoms with Gasteiger partial charge in [-0.25, -0.2) is 4.79 Å². The highest BCUT2D eigenvalue weighted by molar-refractivity contribution is 6.42. The Labute approximate surface area is 358 Å². The number of hydrogen-bond acceptors (Lipinski definition) is 9. The molecule has 2 aliphatic rings. The number of amides is 1. The Balaban J connectivity index is 0.965.